The van der Waals surface area contributed by atoms with E-state index >= 15 is 0 Å². The molecule has 6 heterocycles. The van der Waals surface area contributed by atoms with E-state index in [0.29, 0.717) is 24.6 Å². The van der Waals surface area contributed by atoms with Crippen LogP contribution in [0.25, 0.3) is 0 Å². The average molecular weight is 2180 g/mol. The molecule has 4 N–H and O–H groups in total. The second-order valence-corrected chi connectivity index (χ2v) is 46.0. The largest absolute Gasteiger partial charge is 0.396 e. The van der Waals surface area contributed by atoms with E-state index in [0.717, 1.165) is 56.7 Å². The van der Waals surface area contributed by atoms with Crippen LogP contribution in [-0.4, -0.2) is 319 Å². The minimum absolute atomic E-state index is 0.116. The van der Waals surface area contributed by atoms with Gasteiger partial charge in [-0.1, -0.05) is 458 Å². The molecular formula is C132H316N12O5S. The molecule has 2 unspecified atom stereocenters. The summed E-state index contributed by atoms with van der Waals surface area (Å²) in [6, 6.07) is 1.38. The molecule has 940 valence electrons. The predicted molar refractivity (Wildman–Crippen MR) is 709 cm³/mol. The minimum Gasteiger partial charge on any atom is -0.396 e. The second kappa shape index (κ2) is 190. The van der Waals surface area contributed by atoms with Gasteiger partial charge in [0.1, 0.15) is 0 Å². The molecule has 17 nitrogen and oxygen atoms in total. The van der Waals surface area contributed by atoms with Gasteiger partial charge in [-0.15, -0.1) is 0 Å². The molecule has 0 aromatic rings. The molecule has 0 saturated carbocycles. The fourth-order valence-corrected chi connectivity index (χ4v) is 11.9. The van der Waals surface area contributed by atoms with Crippen LogP contribution in [0.4, 0.5) is 0 Å². The maximum atomic E-state index is 10.1. The maximum absolute atomic E-state index is 10.1. The Hall–Kier alpha value is -0.650. The van der Waals surface area contributed by atoms with E-state index in [1.807, 2.05) is 20.8 Å². The highest BCUT2D eigenvalue weighted by Gasteiger charge is 2.12. The number of ether oxygens (including phenoxy) is 1. The number of sulfonamides is 1. The van der Waals surface area contributed by atoms with Crippen molar-refractivity contribution >= 4 is 10.0 Å². The second-order valence-electron chi connectivity index (χ2n) is 44.2. The molecule has 150 heavy (non-hydrogen) atoms. The highest BCUT2D eigenvalue weighted by atomic mass is 32.2. The number of hydrogen-bond acceptors (Lipinski definition) is 16. The van der Waals surface area contributed by atoms with E-state index in [4.69, 9.17) is 10.2 Å². The molecule has 6 aliphatic rings. The van der Waals surface area contributed by atoms with Gasteiger partial charge in [0.25, 0.3) is 0 Å². The number of unbranched alkanes of at least 4 members (excludes halogenated alkanes) is 11. The number of nitrogens with one attached hydrogen (secondary N) is 2. The molecular weight excluding hydrogens is 1870 g/mol. The lowest BCUT2D eigenvalue weighted by atomic mass is 10.0. The Morgan fingerprint density at radius 1 is 0.313 bits per heavy atom. The molecule has 0 amide bonds. The summed E-state index contributed by atoms with van der Waals surface area (Å²) in [6.07, 6.45) is 62.9. The number of hydrogen-bond donors (Lipinski definition) is 4. The Labute approximate surface area is 962 Å². The number of nitrogens with zero attached hydrogens (tertiary/aromatic N) is 10. The van der Waals surface area contributed by atoms with E-state index in [1.54, 1.807) is 21.0 Å². The first-order chi connectivity index (χ1) is 70.9. The van der Waals surface area contributed by atoms with Gasteiger partial charge in [-0.05, 0) is 367 Å². The zero-order valence-electron chi connectivity index (χ0n) is 117. The third-order valence-corrected chi connectivity index (χ3v) is 23.9. The predicted octanol–water partition coefficient (Wildman–Crippen LogP) is 37.7. The van der Waals surface area contributed by atoms with Gasteiger partial charge in [0, 0.05) is 39.0 Å². The topological polar surface area (TPSA) is 140 Å². The van der Waals surface area contributed by atoms with Crippen molar-refractivity contribution < 1.29 is 23.4 Å². The number of piperidine rings is 4. The molecule has 0 radical (unpaired) electrons. The van der Waals surface area contributed by atoms with Crippen LogP contribution in [0.3, 0.4) is 0 Å². The lowest BCUT2D eigenvalue weighted by Gasteiger charge is -2.25. The van der Waals surface area contributed by atoms with Gasteiger partial charge in [0.2, 0.25) is 10.0 Å². The molecule has 6 fully saturated rings. The molecule has 0 aromatic carbocycles. The lowest BCUT2D eigenvalue weighted by molar-refractivity contribution is 0.191. The van der Waals surface area contributed by atoms with Crippen LogP contribution in [0.1, 0.15) is 607 Å². The van der Waals surface area contributed by atoms with Gasteiger partial charge < -0.3 is 69.3 Å². The summed E-state index contributed by atoms with van der Waals surface area (Å²) in [6.45, 7) is 127. The maximum Gasteiger partial charge on any atom is 0.208 e. The number of rotatable bonds is 37. The van der Waals surface area contributed by atoms with Gasteiger partial charge >= 0.3 is 0 Å². The van der Waals surface area contributed by atoms with Gasteiger partial charge in [-0.3, -0.25) is 0 Å². The van der Waals surface area contributed by atoms with Crippen molar-refractivity contribution in [1.82, 2.24) is 59.0 Å². The van der Waals surface area contributed by atoms with Crippen molar-refractivity contribution in [2.24, 2.45) is 17.3 Å². The fraction of sp³-hybridized carbons (Fsp3) is 1.00. The highest BCUT2D eigenvalue weighted by Crippen LogP contribution is 2.13. The summed E-state index contributed by atoms with van der Waals surface area (Å²) in [7, 11) is 15.5. The summed E-state index contributed by atoms with van der Waals surface area (Å²) in [5, 5.41) is 19.4. The van der Waals surface area contributed by atoms with Gasteiger partial charge in [0.05, 0.1) is 12.4 Å². The van der Waals surface area contributed by atoms with E-state index < -0.39 is 10.0 Å². The monoisotopic (exact) mass is 2180 g/mol. The van der Waals surface area contributed by atoms with Gasteiger partial charge in [-0.2, -0.15) is 0 Å². The van der Waals surface area contributed by atoms with Crippen molar-refractivity contribution in [3.8, 4) is 0 Å². The summed E-state index contributed by atoms with van der Waals surface area (Å²) in [5.74, 6) is 1.82. The zero-order valence-corrected chi connectivity index (χ0v) is 117. The first-order valence-electron chi connectivity index (χ1n) is 65.3. The minimum atomic E-state index is -2.92. The van der Waals surface area contributed by atoms with E-state index in [9.17, 15) is 8.42 Å². The Morgan fingerprint density at radius 3 is 0.593 bits per heavy atom. The molecule has 6 saturated heterocycles. The summed E-state index contributed by atoms with van der Waals surface area (Å²) < 4.78 is 27.0. The normalized spacial score (nSPS) is 14.1. The fourth-order valence-electron chi connectivity index (χ4n) is 11.4. The first-order valence-corrected chi connectivity index (χ1v) is 67.2. The van der Waals surface area contributed by atoms with Crippen LogP contribution in [0.2, 0.25) is 0 Å². The van der Waals surface area contributed by atoms with Crippen LogP contribution in [0.5, 0.6) is 0 Å². The molecule has 6 aliphatic heterocycles. The van der Waals surface area contributed by atoms with Crippen LogP contribution in [0.15, 0.2) is 0 Å². The summed E-state index contributed by atoms with van der Waals surface area (Å²) >= 11 is 0. The van der Waals surface area contributed by atoms with Crippen molar-refractivity contribution in [1.29, 1.82) is 0 Å². The average Bonchev–Trinajstić information content (AvgIpc) is 1.01. The Morgan fingerprint density at radius 2 is 0.533 bits per heavy atom. The third-order valence-electron chi connectivity index (χ3n) is 23.1. The van der Waals surface area contributed by atoms with Crippen molar-refractivity contribution in [3.05, 3.63) is 0 Å². The Kier molecular flexibility index (Phi) is 248. The molecule has 0 bridgehead atoms. The van der Waals surface area contributed by atoms with Gasteiger partial charge in [0.15, 0.2) is 0 Å². The quantitative estimate of drug-likeness (QED) is 0.0438. The molecule has 6 rings (SSSR count). The van der Waals surface area contributed by atoms with Crippen LogP contribution in [-0.2, 0) is 14.8 Å². The molecule has 2 atom stereocenters. The molecule has 18 heteroatoms. The SMILES string of the molecule is CC(C)(C)C.CCC.CCC.CCC(C)C.CCC(C)CC.CCC(C)N(C)C.CCC(C)O.CCCC.CCCC.CCCC.CCCCC.CCCCC.CCCCCC.CCCCN(C)C.CCCN(C)C.CCCN1CCCC1.CCCN1CCCCC1.CCCN1CCCCC1.CCCO.CCN(C)C.CCN1CCCC1.CCN1CCCCC1.CCN1CCCCC1.CCNC(C)C.CCNS(C)(=O)=O.CCOC. The van der Waals surface area contributed by atoms with Crippen molar-refractivity contribution in [2.75, 3.05) is 233 Å². The molecule has 0 aliphatic carbocycles. The Balaban J connectivity index is -0.0000000654. The van der Waals surface area contributed by atoms with E-state index in [-0.39, 0.29) is 6.10 Å². The van der Waals surface area contributed by atoms with Crippen molar-refractivity contribution in [3.63, 3.8) is 0 Å². The van der Waals surface area contributed by atoms with Crippen LogP contribution in [0, 0.1) is 17.3 Å². The third kappa shape index (κ3) is 301. The van der Waals surface area contributed by atoms with Crippen LogP contribution < -0.4 is 10.0 Å². The van der Waals surface area contributed by atoms with E-state index in [1.165, 1.54) is 413 Å². The first kappa shape index (κ1) is 196. The lowest BCUT2D eigenvalue weighted by Crippen LogP contribution is -2.30. The van der Waals surface area contributed by atoms with Crippen LogP contribution >= 0.6 is 0 Å². The zero-order chi connectivity index (χ0) is 121. The molecule has 0 aromatic heterocycles. The summed E-state index contributed by atoms with van der Waals surface area (Å²) in [4.78, 5) is 23.9. The number of aliphatic hydroxyl groups excluding tert-OH is 2. The number of aliphatic hydroxyl groups is 2. The number of likely N-dealkylation sites (tertiary alicyclic amines) is 6. The smallest absolute Gasteiger partial charge is 0.208 e. The van der Waals surface area contributed by atoms with E-state index in [2.05, 4.69) is 397 Å². The standard InChI is InChI=1S/2C8H17N.3C7H15N.C6H13N.2C6H15N.2C6H14.2C5H13N.4C5H12.C4H11N.C4H10O.3C4H10.C3H9NO2S.2C3H8O.2C3H8/c2*1-2-6-9-7-4-3-5-8-9;2*1-2-8-6-4-3-5-7-8;1-2-5-8-6-3-4-7-8;1-2-7-5-3-4-6-7;1-5-6(2)7(3)4;1-4-5-6-7(2)3;1-4-6(3)5-2;1-3-5-6-4-2;1-4-5-6(2)3;1-4-6-5(2)3;1-5(2,3)4;1-4-5(2)3;2*1-3-5-4-2;1-4-5(2)3;1-3-4(2)5;3*1-3-4-2;1-3-4-7(2,5)6;1-3-4-2;1-2-3-4;2*1-3-2/h2*2-8H2,1H3;3*2-7H2,1H3;2-6H2,1H3;6H,5H2,1-4H3;4-6H2,1-3H3;6H,4-5H2,1-3H3;3-6H2,1-2H3;4-5H2,1-3H3;5-6H,4H2,1-3H3;1-4H3;5H,4H2,1-3H3;2*3-5H2,1-2H3;4H2,1-3H3;4-5H,3H2,1-2H3;3*3-4H2,1-2H3;4H,3H2,1-2H3;3H2,1-2H3;4H,2-3H2,1H3;2*3H2,1-2H3. The summed E-state index contributed by atoms with van der Waals surface area (Å²) in [5.41, 5.74) is 0.500. The Bertz CT molecular complexity index is 1880. The number of methoxy groups -OCH3 is 1. The van der Waals surface area contributed by atoms with Crippen molar-refractivity contribution in [2.45, 2.75) is 625 Å². The molecule has 0 spiro atoms. The van der Waals surface area contributed by atoms with Gasteiger partial charge in [-0.25, -0.2) is 13.1 Å². The highest BCUT2D eigenvalue weighted by molar-refractivity contribution is 7.88.